The Balaban J connectivity index is 2.48. The molecule has 0 aliphatic carbocycles. The fourth-order valence-corrected chi connectivity index (χ4v) is 1.73. The van der Waals surface area contributed by atoms with Gasteiger partial charge in [0.15, 0.2) is 0 Å². The smallest absolute Gasteiger partial charge is 0.0632 e. The third-order valence-electron chi connectivity index (χ3n) is 2.18. The second-order valence-corrected chi connectivity index (χ2v) is 5.97. The third kappa shape index (κ3) is 4.80. The second-order valence-electron chi connectivity index (χ2n) is 5.06. The third-order valence-corrected chi connectivity index (χ3v) is 2.59. The molecule has 0 unspecified atom stereocenters. The molecule has 0 amide bonds. The van der Waals surface area contributed by atoms with Crippen LogP contribution in [-0.2, 0) is 6.54 Å². The Labute approximate surface area is 100 Å². The Kier molecular flexibility index (Phi) is 4.34. The van der Waals surface area contributed by atoms with Gasteiger partial charge in [-0.05, 0) is 21.3 Å². The van der Waals surface area contributed by atoms with E-state index < -0.39 is 0 Å². The normalized spacial score (nSPS) is 12.4. The molecule has 4 heteroatoms. The van der Waals surface area contributed by atoms with E-state index in [1.165, 1.54) is 0 Å². The van der Waals surface area contributed by atoms with E-state index in [2.05, 4.69) is 54.0 Å². The van der Waals surface area contributed by atoms with E-state index in [-0.39, 0.29) is 5.41 Å². The van der Waals surface area contributed by atoms with Crippen molar-refractivity contribution in [3.63, 3.8) is 0 Å². The summed E-state index contributed by atoms with van der Waals surface area (Å²) >= 11 is 3.40. The average molecular weight is 274 g/mol. The summed E-state index contributed by atoms with van der Waals surface area (Å²) in [6, 6.07) is 0.536. The van der Waals surface area contributed by atoms with E-state index >= 15 is 0 Å². The summed E-state index contributed by atoms with van der Waals surface area (Å²) in [7, 11) is 0. The summed E-state index contributed by atoms with van der Waals surface area (Å²) in [5, 5.41) is 7.73. The van der Waals surface area contributed by atoms with Gasteiger partial charge in [-0.1, -0.05) is 27.7 Å². The van der Waals surface area contributed by atoms with Crippen molar-refractivity contribution >= 4 is 15.9 Å². The quantitative estimate of drug-likeness (QED) is 0.894. The first kappa shape index (κ1) is 12.7. The van der Waals surface area contributed by atoms with Gasteiger partial charge in [-0.2, -0.15) is 5.10 Å². The van der Waals surface area contributed by atoms with E-state index in [1.807, 2.05) is 17.1 Å². The van der Waals surface area contributed by atoms with Gasteiger partial charge in [0.2, 0.25) is 0 Å². The molecule has 0 aromatic carbocycles. The first-order chi connectivity index (χ1) is 6.89. The number of nitrogens with zero attached hydrogens (tertiary/aromatic N) is 2. The minimum absolute atomic E-state index is 0.218. The van der Waals surface area contributed by atoms with Crippen LogP contribution in [0.25, 0.3) is 0 Å². The van der Waals surface area contributed by atoms with Gasteiger partial charge >= 0.3 is 0 Å². The number of hydrogen-bond donors (Lipinski definition) is 1. The van der Waals surface area contributed by atoms with E-state index in [1.54, 1.807) is 0 Å². The Morgan fingerprint density at radius 1 is 1.53 bits per heavy atom. The lowest BCUT2D eigenvalue weighted by Gasteiger charge is -2.26. The van der Waals surface area contributed by atoms with Crippen LogP contribution in [0.1, 0.15) is 27.7 Å². The van der Waals surface area contributed by atoms with Gasteiger partial charge in [-0.15, -0.1) is 0 Å². The Hall–Kier alpha value is -0.350. The van der Waals surface area contributed by atoms with E-state index in [0.29, 0.717) is 6.04 Å². The summed E-state index contributed by atoms with van der Waals surface area (Å²) in [5.41, 5.74) is 0.218. The van der Waals surface area contributed by atoms with Gasteiger partial charge in [0.05, 0.1) is 10.7 Å². The van der Waals surface area contributed by atoms with Gasteiger partial charge in [0, 0.05) is 25.3 Å². The maximum absolute atomic E-state index is 4.27. The molecule has 0 saturated carbocycles. The monoisotopic (exact) mass is 273 g/mol. The van der Waals surface area contributed by atoms with E-state index in [4.69, 9.17) is 0 Å². The highest BCUT2D eigenvalue weighted by Crippen LogP contribution is 2.18. The minimum atomic E-state index is 0.218. The molecule has 86 valence electrons. The lowest BCUT2D eigenvalue weighted by Crippen LogP contribution is -2.36. The maximum atomic E-state index is 4.27. The number of rotatable bonds is 5. The van der Waals surface area contributed by atoms with Gasteiger partial charge < -0.3 is 5.32 Å². The molecule has 0 radical (unpaired) electrons. The second kappa shape index (κ2) is 5.12. The Bertz CT molecular complexity index is 305. The molecule has 1 heterocycles. The molecule has 1 N–H and O–H groups in total. The molecule has 1 aromatic rings. The maximum Gasteiger partial charge on any atom is 0.0632 e. The molecule has 0 fully saturated rings. The van der Waals surface area contributed by atoms with Crippen molar-refractivity contribution in [1.82, 2.24) is 15.1 Å². The topological polar surface area (TPSA) is 29.9 Å². The van der Waals surface area contributed by atoms with Crippen LogP contribution >= 0.6 is 15.9 Å². The van der Waals surface area contributed by atoms with E-state index in [9.17, 15) is 0 Å². The van der Waals surface area contributed by atoms with Crippen LogP contribution in [0.2, 0.25) is 0 Å². The van der Waals surface area contributed by atoms with Crippen LogP contribution < -0.4 is 5.32 Å². The highest BCUT2D eigenvalue weighted by atomic mass is 79.9. The SMILES string of the molecule is CC(C)NCC(C)(C)Cn1cc(Br)cn1. The molecule has 0 aliphatic rings. The molecular formula is C11H20BrN3. The zero-order valence-electron chi connectivity index (χ0n) is 9.92. The molecule has 0 saturated heterocycles. The standard InChI is InChI=1S/C11H20BrN3/c1-9(2)13-7-11(3,4)8-15-6-10(12)5-14-15/h5-6,9,13H,7-8H2,1-4H3. The van der Waals surface area contributed by atoms with Crippen molar-refractivity contribution < 1.29 is 0 Å². The summed E-state index contributed by atoms with van der Waals surface area (Å²) in [6.07, 6.45) is 3.84. The summed E-state index contributed by atoms with van der Waals surface area (Å²) in [5.74, 6) is 0. The van der Waals surface area contributed by atoms with Crippen LogP contribution in [0.3, 0.4) is 0 Å². The molecule has 0 spiro atoms. The average Bonchev–Trinajstić information content (AvgIpc) is 2.47. The Morgan fingerprint density at radius 3 is 2.67 bits per heavy atom. The molecule has 0 bridgehead atoms. The number of aromatic nitrogens is 2. The van der Waals surface area contributed by atoms with Crippen molar-refractivity contribution in [1.29, 1.82) is 0 Å². The zero-order valence-corrected chi connectivity index (χ0v) is 11.5. The molecular weight excluding hydrogens is 254 g/mol. The summed E-state index contributed by atoms with van der Waals surface area (Å²) in [4.78, 5) is 0. The molecule has 0 atom stereocenters. The molecule has 15 heavy (non-hydrogen) atoms. The molecule has 0 aliphatic heterocycles. The van der Waals surface area contributed by atoms with Crippen molar-refractivity contribution in [2.75, 3.05) is 6.54 Å². The first-order valence-electron chi connectivity index (χ1n) is 5.30. The van der Waals surface area contributed by atoms with Gasteiger partial charge in [-0.25, -0.2) is 0 Å². The number of halogens is 1. The highest BCUT2D eigenvalue weighted by molar-refractivity contribution is 9.10. The van der Waals surface area contributed by atoms with Crippen LogP contribution in [0, 0.1) is 5.41 Å². The van der Waals surface area contributed by atoms with Gasteiger partial charge in [0.25, 0.3) is 0 Å². The van der Waals surface area contributed by atoms with Crippen LogP contribution in [0.4, 0.5) is 0 Å². The fraction of sp³-hybridized carbons (Fsp3) is 0.727. The van der Waals surface area contributed by atoms with Crippen molar-refractivity contribution in [2.45, 2.75) is 40.3 Å². The number of hydrogen-bond acceptors (Lipinski definition) is 2. The number of nitrogens with one attached hydrogen (secondary N) is 1. The molecule has 1 aromatic heterocycles. The van der Waals surface area contributed by atoms with Crippen molar-refractivity contribution in [2.24, 2.45) is 5.41 Å². The lowest BCUT2D eigenvalue weighted by molar-refractivity contribution is 0.269. The largest absolute Gasteiger partial charge is 0.314 e. The molecule has 3 nitrogen and oxygen atoms in total. The predicted molar refractivity (Wildman–Crippen MR) is 66.8 cm³/mol. The van der Waals surface area contributed by atoms with Crippen LogP contribution in [0.15, 0.2) is 16.9 Å². The molecule has 1 rings (SSSR count). The lowest BCUT2D eigenvalue weighted by atomic mass is 9.93. The van der Waals surface area contributed by atoms with Gasteiger partial charge in [-0.3, -0.25) is 4.68 Å². The fourth-order valence-electron chi connectivity index (χ4n) is 1.40. The van der Waals surface area contributed by atoms with E-state index in [0.717, 1.165) is 17.6 Å². The van der Waals surface area contributed by atoms with Crippen molar-refractivity contribution in [3.8, 4) is 0 Å². The summed E-state index contributed by atoms with van der Waals surface area (Å²) in [6.45, 7) is 10.8. The first-order valence-corrected chi connectivity index (χ1v) is 6.10. The van der Waals surface area contributed by atoms with Crippen molar-refractivity contribution in [3.05, 3.63) is 16.9 Å². The van der Waals surface area contributed by atoms with Crippen LogP contribution in [-0.4, -0.2) is 22.4 Å². The van der Waals surface area contributed by atoms with Crippen LogP contribution in [0.5, 0.6) is 0 Å². The predicted octanol–water partition coefficient (Wildman–Crippen LogP) is 2.67. The Morgan fingerprint density at radius 2 is 2.20 bits per heavy atom. The summed E-state index contributed by atoms with van der Waals surface area (Å²) < 4.78 is 3.02. The van der Waals surface area contributed by atoms with Gasteiger partial charge in [0.1, 0.15) is 0 Å². The minimum Gasteiger partial charge on any atom is -0.314 e. The highest BCUT2D eigenvalue weighted by Gasteiger charge is 2.19. The zero-order chi connectivity index (χ0) is 11.5.